The molecule has 7 heteroatoms. The van der Waals surface area contributed by atoms with Gasteiger partial charge in [0.05, 0.1) is 24.4 Å². The van der Waals surface area contributed by atoms with Gasteiger partial charge in [-0.1, -0.05) is 17.3 Å². The van der Waals surface area contributed by atoms with Gasteiger partial charge in [0, 0.05) is 30.8 Å². The van der Waals surface area contributed by atoms with Gasteiger partial charge >= 0.3 is 0 Å². The number of hydrogen-bond acceptors (Lipinski definition) is 6. The van der Waals surface area contributed by atoms with E-state index in [2.05, 4.69) is 42.4 Å². The van der Waals surface area contributed by atoms with Crippen LogP contribution in [0.3, 0.4) is 0 Å². The second kappa shape index (κ2) is 7.52. The number of nitrogens with zero attached hydrogens (tertiary/aromatic N) is 4. The van der Waals surface area contributed by atoms with E-state index in [0.717, 1.165) is 22.6 Å². The van der Waals surface area contributed by atoms with Crippen LogP contribution in [-0.4, -0.2) is 27.0 Å². The van der Waals surface area contributed by atoms with E-state index in [1.807, 2.05) is 35.9 Å². The molecule has 0 radical (unpaired) electrons. The van der Waals surface area contributed by atoms with Crippen molar-refractivity contribution in [2.24, 2.45) is 0 Å². The van der Waals surface area contributed by atoms with Crippen LogP contribution in [0.4, 0.5) is 0 Å². The Morgan fingerprint density at radius 2 is 2.07 bits per heavy atom. The normalized spacial score (nSPS) is 13.0. The predicted octanol–water partition coefficient (Wildman–Crippen LogP) is 3.86. The lowest BCUT2D eigenvalue weighted by molar-refractivity contribution is 0.356. The maximum absolute atomic E-state index is 5.37. The summed E-state index contributed by atoms with van der Waals surface area (Å²) in [5.41, 5.74) is 2.96. The van der Waals surface area contributed by atoms with Gasteiger partial charge in [-0.2, -0.15) is 10.1 Å². The van der Waals surface area contributed by atoms with Gasteiger partial charge in [-0.15, -0.1) is 0 Å². The third-order valence-corrected chi connectivity index (χ3v) is 4.35. The average Bonchev–Trinajstić information content (AvgIpc) is 3.26. The summed E-state index contributed by atoms with van der Waals surface area (Å²) in [4.78, 5) is 4.29. The van der Waals surface area contributed by atoms with Crippen molar-refractivity contribution in [2.45, 2.75) is 52.7 Å². The molecular weight excluding hydrogens is 342 g/mol. The molecule has 0 fully saturated rings. The molecule has 0 spiro atoms. The SMILES string of the molecule is COc1cccc(-c2nn(C(C)(C)C)cc2CNC(C)c2noc(C)n2)c1. The molecule has 0 saturated heterocycles. The fourth-order valence-corrected chi connectivity index (χ4v) is 2.74. The van der Waals surface area contributed by atoms with E-state index in [4.69, 9.17) is 14.4 Å². The molecule has 27 heavy (non-hydrogen) atoms. The van der Waals surface area contributed by atoms with Crippen molar-refractivity contribution in [1.82, 2.24) is 25.2 Å². The van der Waals surface area contributed by atoms with Gasteiger partial charge in [0.2, 0.25) is 5.89 Å². The van der Waals surface area contributed by atoms with Gasteiger partial charge in [0.1, 0.15) is 5.75 Å². The van der Waals surface area contributed by atoms with Crippen LogP contribution in [0.2, 0.25) is 0 Å². The standard InChI is InChI=1S/C20H27N5O2/c1-13(19-22-14(2)27-24-19)21-11-16-12-25(20(3,4)5)23-18(16)15-8-7-9-17(10-15)26-6/h7-10,12-13,21H,11H2,1-6H3. The van der Waals surface area contributed by atoms with E-state index in [9.17, 15) is 0 Å². The number of methoxy groups -OCH3 is 1. The third kappa shape index (κ3) is 4.36. The minimum Gasteiger partial charge on any atom is -0.497 e. The third-order valence-electron chi connectivity index (χ3n) is 4.35. The van der Waals surface area contributed by atoms with Crippen LogP contribution in [0.25, 0.3) is 11.3 Å². The lowest BCUT2D eigenvalue weighted by Crippen LogP contribution is -2.22. The average molecular weight is 369 g/mol. The first kappa shape index (κ1) is 19.1. The summed E-state index contributed by atoms with van der Waals surface area (Å²) in [5.74, 6) is 2.03. The molecule has 144 valence electrons. The van der Waals surface area contributed by atoms with Crippen LogP contribution in [-0.2, 0) is 12.1 Å². The first-order chi connectivity index (χ1) is 12.8. The Bertz CT molecular complexity index is 907. The molecule has 1 aromatic carbocycles. The van der Waals surface area contributed by atoms with Crippen molar-refractivity contribution in [2.75, 3.05) is 7.11 Å². The van der Waals surface area contributed by atoms with Crippen LogP contribution in [0.1, 0.15) is 51.0 Å². The van der Waals surface area contributed by atoms with Crippen LogP contribution < -0.4 is 10.1 Å². The van der Waals surface area contributed by atoms with E-state index in [1.165, 1.54) is 0 Å². The van der Waals surface area contributed by atoms with Gasteiger partial charge in [-0.05, 0) is 39.8 Å². The monoisotopic (exact) mass is 369 g/mol. The molecular formula is C20H27N5O2. The zero-order chi connectivity index (χ0) is 19.6. The molecule has 1 N–H and O–H groups in total. The Morgan fingerprint density at radius 1 is 1.30 bits per heavy atom. The second-order valence-corrected chi connectivity index (χ2v) is 7.62. The predicted molar refractivity (Wildman–Crippen MR) is 104 cm³/mol. The summed E-state index contributed by atoms with van der Waals surface area (Å²) in [6.07, 6.45) is 2.09. The maximum Gasteiger partial charge on any atom is 0.223 e. The van der Waals surface area contributed by atoms with Gasteiger partial charge in [0.15, 0.2) is 5.82 Å². The number of hydrogen-bond donors (Lipinski definition) is 1. The topological polar surface area (TPSA) is 78.0 Å². The van der Waals surface area contributed by atoms with Crippen LogP contribution >= 0.6 is 0 Å². The van der Waals surface area contributed by atoms with Crippen LogP contribution in [0.15, 0.2) is 35.0 Å². The van der Waals surface area contributed by atoms with E-state index >= 15 is 0 Å². The summed E-state index contributed by atoms with van der Waals surface area (Å²) in [5, 5.41) is 12.3. The van der Waals surface area contributed by atoms with Gasteiger partial charge in [0.25, 0.3) is 0 Å². The fraction of sp³-hybridized carbons (Fsp3) is 0.450. The first-order valence-corrected chi connectivity index (χ1v) is 9.05. The highest BCUT2D eigenvalue weighted by molar-refractivity contribution is 5.64. The quantitative estimate of drug-likeness (QED) is 0.711. The van der Waals surface area contributed by atoms with Crippen molar-refractivity contribution in [3.05, 3.63) is 47.7 Å². The number of benzene rings is 1. The minimum absolute atomic E-state index is 0.0291. The molecule has 0 aliphatic rings. The van der Waals surface area contributed by atoms with Crippen LogP contribution in [0, 0.1) is 6.92 Å². The zero-order valence-corrected chi connectivity index (χ0v) is 16.8. The molecule has 3 aromatic rings. The number of aromatic nitrogens is 4. The van der Waals surface area contributed by atoms with Crippen molar-refractivity contribution < 1.29 is 9.26 Å². The molecule has 1 unspecified atom stereocenters. The van der Waals surface area contributed by atoms with Crippen LogP contribution in [0.5, 0.6) is 5.75 Å². The summed E-state index contributed by atoms with van der Waals surface area (Å²) in [7, 11) is 1.67. The van der Waals surface area contributed by atoms with Crippen molar-refractivity contribution >= 4 is 0 Å². The molecule has 0 bridgehead atoms. The Hall–Kier alpha value is -2.67. The summed E-state index contributed by atoms with van der Waals surface area (Å²) in [6.45, 7) is 10.9. The van der Waals surface area contributed by atoms with E-state index < -0.39 is 0 Å². The van der Waals surface area contributed by atoms with Gasteiger partial charge in [-0.25, -0.2) is 0 Å². The van der Waals surface area contributed by atoms with Gasteiger partial charge < -0.3 is 14.6 Å². The van der Waals surface area contributed by atoms with Crippen molar-refractivity contribution in [3.8, 4) is 17.0 Å². The molecule has 0 saturated carbocycles. The van der Waals surface area contributed by atoms with E-state index in [0.29, 0.717) is 18.3 Å². The van der Waals surface area contributed by atoms with Crippen molar-refractivity contribution in [3.63, 3.8) is 0 Å². The first-order valence-electron chi connectivity index (χ1n) is 9.05. The summed E-state index contributed by atoms with van der Waals surface area (Å²) < 4.78 is 12.4. The van der Waals surface area contributed by atoms with E-state index in [-0.39, 0.29) is 11.6 Å². The Kier molecular flexibility index (Phi) is 5.32. The molecule has 0 aliphatic carbocycles. The maximum atomic E-state index is 5.37. The highest BCUT2D eigenvalue weighted by atomic mass is 16.5. The smallest absolute Gasteiger partial charge is 0.223 e. The second-order valence-electron chi connectivity index (χ2n) is 7.62. The highest BCUT2D eigenvalue weighted by Gasteiger charge is 2.20. The summed E-state index contributed by atoms with van der Waals surface area (Å²) in [6, 6.07) is 7.94. The fourth-order valence-electron chi connectivity index (χ4n) is 2.74. The summed E-state index contributed by atoms with van der Waals surface area (Å²) >= 11 is 0. The van der Waals surface area contributed by atoms with E-state index in [1.54, 1.807) is 14.0 Å². The zero-order valence-electron chi connectivity index (χ0n) is 16.8. The minimum atomic E-state index is -0.109. The molecule has 7 nitrogen and oxygen atoms in total. The number of nitrogens with one attached hydrogen (secondary N) is 1. The Morgan fingerprint density at radius 3 is 2.70 bits per heavy atom. The number of aryl methyl sites for hydroxylation is 1. The molecule has 0 amide bonds. The Balaban J connectivity index is 1.89. The number of ether oxygens (including phenoxy) is 1. The van der Waals surface area contributed by atoms with Crippen molar-refractivity contribution in [1.29, 1.82) is 0 Å². The van der Waals surface area contributed by atoms with Gasteiger partial charge in [-0.3, -0.25) is 4.68 Å². The highest BCUT2D eigenvalue weighted by Crippen LogP contribution is 2.28. The molecule has 2 heterocycles. The molecule has 0 aliphatic heterocycles. The lowest BCUT2D eigenvalue weighted by Gasteiger charge is -2.18. The molecule has 3 rings (SSSR count). The Labute approximate surface area is 159 Å². The molecule has 2 aromatic heterocycles. The largest absolute Gasteiger partial charge is 0.497 e. The number of rotatable bonds is 6. The molecule has 1 atom stereocenters. The lowest BCUT2D eigenvalue weighted by atomic mass is 10.1.